The Labute approximate surface area is 52.0 Å². The smallest absolute Gasteiger partial charge is 0.0660 e. The van der Waals surface area contributed by atoms with Gasteiger partial charge in [-0.1, -0.05) is 5.27 Å². The molecule has 1 aliphatic rings. The number of aromatic amines is 1. The first-order valence-electron chi connectivity index (χ1n) is 3.02. The van der Waals surface area contributed by atoms with Gasteiger partial charge in [0.15, 0.2) is 0 Å². The first-order valence-corrected chi connectivity index (χ1v) is 3.02. The van der Waals surface area contributed by atoms with Crippen molar-refractivity contribution in [3.05, 3.63) is 0 Å². The summed E-state index contributed by atoms with van der Waals surface area (Å²) in [5, 5.41) is 4.65. The molecular formula is C4H9N3O2. The van der Waals surface area contributed by atoms with Crippen LogP contribution in [0.1, 0.15) is 0 Å². The molecule has 2 rings (SSSR count). The third-order valence-electron chi connectivity index (χ3n) is 1.42. The molecular weight excluding hydrogens is 122 g/mol. The molecule has 1 aromatic heterocycles. The molecule has 1 N–H and O–H groups in total. The zero-order valence-corrected chi connectivity index (χ0v) is 5.04. The molecule has 0 spiro atoms. The van der Waals surface area contributed by atoms with Crippen LogP contribution in [-0.2, 0) is 4.74 Å². The molecule has 9 heavy (non-hydrogen) atoms. The lowest BCUT2D eigenvalue weighted by Gasteiger charge is -2.21. The topological polar surface area (TPSA) is 46.3 Å². The van der Waals surface area contributed by atoms with Crippen LogP contribution in [0.15, 0.2) is 4.63 Å². The van der Waals surface area contributed by atoms with E-state index in [2.05, 4.69) is 5.27 Å². The molecule has 0 aromatic carbocycles. The van der Waals surface area contributed by atoms with E-state index in [1.807, 2.05) is 5.01 Å². The number of aromatic nitrogens is 2. The lowest BCUT2D eigenvalue weighted by molar-refractivity contribution is 0.106. The molecule has 1 aromatic rings. The van der Waals surface area contributed by atoms with Crippen molar-refractivity contribution < 1.29 is 9.37 Å². The maximum absolute atomic E-state index is 5.13. The molecule has 0 unspecified atom stereocenters. The van der Waals surface area contributed by atoms with Gasteiger partial charge in [-0.05, 0) is 0 Å². The van der Waals surface area contributed by atoms with E-state index in [1.165, 1.54) is 0 Å². The fourth-order valence-electron chi connectivity index (χ4n) is 0.869. The second kappa shape index (κ2) is 1.84. The molecule has 0 atom stereocenters. The van der Waals surface area contributed by atoms with E-state index >= 15 is 0 Å². The largest absolute Gasteiger partial charge is 0.378 e. The van der Waals surface area contributed by atoms with Gasteiger partial charge in [0.2, 0.25) is 0 Å². The van der Waals surface area contributed by atoms with Gasteiger partial charge in [0.05, 0.1) is 26.3 Å². The molecule has 1 aliphatic heterocycles. The van der Waals surface area contributed by atoms with Crippen molar-refractivity contribution in [3.8, 4) is 0 Å². The highest BCUT2D eigenvalue weighted by Crippen LogP contribution is 1.96. The number of rotatable bonds is 1. The highest BCUT2D eigenvalue weighted by atomic mass is 16.8. The van der Waals surface area contributed by atoms with Gasteiger partial charge in [0, 0.05) is 4.96 Å². The zero-order valence-electron chi connectivity index (χ0n) is 5.04. The average molecular weight is 131 g/mol. The third-order valence-corrected chi connectivity index (χ3v) is 1.42. The first-order chi connectivity index (χ1) is 4.47. The lowest BCUT2D eigenvalue weighted by atomic mass is 10.5. The summed E-state index contributed by atoms with van der Waals surface area (Å²) in [5.74, 6) is 0. The van der Waals surface area contributed by atoms with Crippen LogP contribution in [-0.4, -0.2) is 36.5 Å². The first kappa shape index (κ1) is 4.99. The minimum Gasteiger partial charge on any atom is -0.378 e. The quantitative estimate of drug-likeness (QED) is 0.552. The number of morpholine rings is 1. The Morgan fingerprint density at radius 3 is 2.44 bits per heavy atom. The Hall–Kier alpha value is -0.840. The van der Waals surface area contributed by atoms with Crippen LogP contribution in [0.2, 0.25) is 0 Å². The van der Waals surface area contributed by atoms with Crippen molar-refractivity contribution in [1.29, 1.82) is 0 Å². The van der Waals surface area contributed by atoms with Gasteiger partial charge in [-0.3, -0.25) is 5.01 Å². The fraction of sp³-hybridized carbons (Fsp3) is 1.00. The molecule has 5 heteroatoms. The summed E-state index contributed by atoms with van der Waals surface area (Å²) in [5.41, 5.74) is 0. The number of hydrogen-bond donors (Lipinski definition) is 1. The van der Waals surface area contributed by atoms with Crippen LogP contribution < -0.4 is 5.01 Å². The van der Waals surface area contributed by atoms with Crippen LogP contribution in [0.25, 0.3) is 0 Å². The standard InChI is InChI=1S/C4H9N3O2/c1-3-8-4-2-6(1)7-5-9-7/h5H,1-4H2. The second-order valence-electron chi connectivity index (χ2n) is 2.02. The van der Waals surface area contributed by atoms with E-state index in [0.717, 1.165) is 26.3 Å². The van der Waals surface area contributed by atoms with Crippen LogP contribution in [0.5, 0.6) is 0 Å². The van der Waals surface area contributed by atoms with E-state index < -0.39 is 0 Å². The minimum atomic E-state index is 0.793. The van der Waals surface area contributed by atoms with Crippen molar-refractivity contribution >= 4 is 0 Å². The average Bonchev–Trinajstić information content (AvgIpc) is 2.71. The van der Waals surface area contributed by atoms with E-state index in [-0.39, 0.29) is 0 Å². The molecule has 0 aliphatic carbocycles. The predicted molar refractivity (Wildman–Crippen MR) is 29.8 cm³/mol. The summed E-state index contributed by atoms with van der Waals surface area (Å²) in [6, 6.07) is 0. The van der Waals surface area contributed by atoms with Crippen molar-refractivity contribution in [1.82, 2.24) is 10.2 Å². The predicted octanol–water partition coefficient (Wildman–Crippen LogP) is -0.623. The molecule has 5 nitrogen and oxygen atoms in total. The highest BCUT2D eigenvalue weighted by molar-refractivity contribution is 4.79. The van der Waals surface area contributed by atoms with Crippen LogP contribution in [0.3, 0.4) is 0 Å². The molecule has 0 amide bonds. The minimum absolute atomic E-state index is 0.793. The molecule has 52 valence electrons. The van der Waals surface area contributed by atoms with Crippen molar-refractivity contribution in [2.24, 2.45) is 0 Å². The van der Waals surface area contributed by atoms with E-state index in [1.54, 1.807) is 4.96 Å². The van der Waals surface area contributed by atoms with E-state index in [0.29, 0.717) is 0 Å². The van der Waals surface area contributed by atoms with E-state index in [4.69, 9.17) is 9.37 Å². The summed E-state index contributed by atoms with van der Waals surface area (Å²) < 4.78 is 9.83. The van der Waals surface area contributed by atoms with Crippen LogP contribution in [0.4, 0.5) is 0 Å². The Morgan fingerprint density at radius 2 is 1.89 bits per heavy atom. The second-order valence-corrected chi connectivity index (χ2v) is 2.02. The Morgan fingerprint density at radius 1 is 1.22 bits per heavy atom. The molecule has 2 heterocycles. The summed E-state index contributed by atoms with van der Waals surface area (Å²) in [6.07, 6.45) is 0. The fourth-order valence-corrected chi connectivity index (χ4v) is 0.869. The highest BCUT2D eigenvalue weighted by Gasteiger charge is 2.13. The van der Waals surface area contributed by atoms with Crippen molar-refractivity contribution in [3.63, 3.8) is 0 Å². The van der Waals surface area contributed by atoms with Gasteiger partial charge in [0.1, 0.15) is 0 Å². The third kappa shape index (κ3) is 0.951. The van der Waals surface area contributed by atoms with Crippen molar-refractivity contribution in [2.75, 3.05) is 31.3 Å². The van der Waals surface area contributed by atoms with Gasteiger partial charge in [0.25, 0.3) is 0 Å². The molecule has 0 bridgehead atoms. The number of H-pyrrole nitrogens is 1. The zero-order chi connectivity index (χ0) is 6.10. The molecule has 1 saturated heterocycles. The molecule has 1 fully saturated rings. The number of hydrogen-bond acceptors (Lipinski definition) is 3. The van der Waals surface area contributed by atoms with Gasteiger partial charge < -0.3 is 4.74 Å². The number of nitrogens with one attached hydrogen (secondary N) is 1. The summed E-state index contributed by atoms with van der Waals surface area (Å²) in [6.45, 7) is 3.41. The Kier molecular flexibility index (Phi) is 1.02. The maximum atomic E-state index is 5.13. The van der Waals surface area contributed by atoms with E-state index in [9.17, 15) is 0 Å². The SMILES string of the molecule is C1CN(n2[nH]o2)CCO1. The molecule has 0 radical (unpaired) electrons. The van der Waals surface area contributed by atoms with Crippen molar-refractivity contribution in [2.45, 2.75) is 0 Å². The van der Waals surface area contributed by atoms with Gasteiger partial charge >= 0.3 is 0 Å². The molecule has 0 saturated carbocycles. The van der Waals surface area contributed by atoms with Gasteiger partial charge in [-0.2, -0.15) is 0 Å². The Balaban J connectivity index is 1.90. The van der Waals surface area contributed by atoms with Gasteiger partial charge in [-0.15, -0.1) is 0 Å². The Bertz CT molecular complexity index is 151. The lowest BCUT2D eigenvalue weighted by Crippen LogP contribution is -2.41. The number of nitrogens with zero attached hydrogens (tertiary/aromatic N) is 2. The summed E-state index contributed by atoms with van der Waals surface area (Å²) >= 11 is 0. The summed E-state index contributed by atoms with van der Waals surface area (Å²) in [4.78, 5) is 1.61. The normalized spacial score (nSPS) is 21.1. The maximum Gasteiger partial charge on any atom is 0.0660 e. The monoisotopic (exact) mass is 131 g/mol. The number of ether oxygens (including phenoxy) is 1. The van der Waals surface area contributed by atoms with Crippen LogP contribution in [0, 0.1) is 0 Å². The van der Waals surface area contributed by atoms with Gasteiger partial charge in [-0.25, -0.2) is 4.63 Å². The summed E-state index contributed by atoms with van der Waals surface area (Å²) in [7, 11) is 0. The van der Waals surface area contributed by atoms with Crippen LogP contribution >= 0.6 is 0 Å².